The molecule has 0 unspecified atom stereocenters. The van der Waals surface area contributed by atoms with Crippen molar-refractivity contribution in [1.82, 2.24) is 15.0 Å². The van der Waals surface area contributed by atoms with Gasteiger partial charge in [0.25, 0.3) is 5.56 Å². The SMILES string of the molecule is COc1ccc(-c2ccc(CC[C@@H](O)[C@H](CCn3nnc4cc(OC)ccc4c3=O)C(=O)O)cc2)cc1. The second-order valence-electron chi connectivity index (χ2n) is 8.77. The minimum atomic E-state index is -1.12. The predicted octanol–water partition coefficient (Wildman–Crippen LogP) is 3.56. The van der Waals surface area contributed by atoms with Crippen molar-refractivity contribution >= 4 is 16.9 Å². The number of carboxylic acids is 1. The Hall–Kier alpha value is -4.24. The number of rotatable bonds is 11. The van der Waals surface area contributed by atoms with Crippen molar-refractivity contribution in [3.63, 3.8) is 0 Å². The number of aliphatic carboxylic acids is 1. The second-order valence-corrected chi connectivity index (χ2v) is 8.77. The molecule has 0 amide bonds. The van der Waals surface area contributed by atoms with Crippen LogP contribution in [0.25, 0.3) is 22.0 Å². The van der Waals surface area contributed by atoms with Gasteiger partial charge in [-0.2, -0.15) is 0 Å². The van der Waals surface area contributed by atoms with Gasteiger partial charge in [-0.15, -0.1) is 5.10 Å². The van der Waals surface area contributed by atoms with Crippen molar-refractivity contribution in [2.75, 3.05) is 14.2 Å². The summed E-state index contributed by atoms with van der Waals surface area (Å²) in [4.78, 5) is 24.6. The Labute approximate surface area is 213 Å². The van der Waals surface area contributed by atoms with E-state index in [1.807, 2.05) is 48.5 Å². The Bertz CT molecular complexity index is 1420. The number of hydrogen-bond acceptors (Lipinski definition) is 7. The molecule has 0 spiro atoms. The van der Waals surface area contributed by atoms with Gasteiger partial charge in [-0.05, 0) is 60.2 Å². The van der Waals surface area contributed by atoms with E-state index in [0.29, 0.717) is 23.1 Å². The molecule has 2 N–H and O–H groups in total. The molecule has 0 bridgehead atoms. The highest BCUT2D eigenvalue weighted by molar-refractivity contribution is 5.78. The zero-order chi connectivity index (χ0) is 26.4. The molecule has 9 nitrogen and oxygen atoms in total. The number of fused-ring (bicyclic) bond motifs is 1. The Kier molecular flexibility index (Phi) is 8.15. The van der Waals surface area contributed by atoms with Crippen LogP contribution in [0.1, 0.15) is 18.4 Å². The molecule has 1 heterocycles. The maximum atomic E-state index is 12.8. The number of aromatic nitrogens is 3. The Morgan fingerprint density at radius 1 is 0.919 bits per heavy atom. The molecule has 1 aromatic heterocycles. The number of nitrogens with zero attached hydrogens (tertiary/aromatic N) is 3. The number of hydrogen-bond donors (Lipinski definition) is 2. The molecule has 0 radical (unpaired) electrons. The number of aliphatic hydroxyl groups is 1. The van der Waals surface area contributed by atoms with Gasteiger partial charge in [0.15, 0.2) is 0 Å². The molecule has 3 aromatic carbocycles. The summed E-state index contributed by atoms with van der Waals surface area (Å²) in [5.41, 5.74) is 3.13. The van der Waals surface area contributed by atoms with Gasteiger partial charge < -0.3 is 19.7 Å². The number of benzene rings is 3. The number of aliphatic hydroxyl groups excluding tert-OH is 1. The number of ether oxygens (including phenoxy) is 2. The van der Waals surface area contributed by atoms with Crippen LogP contribution in [0.15, 0.2) is 71.5 Å². The molecule has 4 rings (SSSR count). The molecule has 9 heteroatoms. The first-order valence-electron chi connectivity index (χ1n) is 12.0. The maximum Gasteiger partial charge on any atom is 0.309 e. The lowest BCUT2D eigenvalue weighted by atomic mass is 9.93. The summed E-state index contributed by atoms with van der Waals surface area (Å²) in [5, 5.41) is 28.7. The smallest absolute Gasteiger partial charge is 0.309 e. The number of aryl methyl sites for hydroxylation is 2. The third-order valence-corrected chi connectivity index (χ3v) is 6.47. The van der Waals surface area contributed by atoms with Gasteiger partial charge in [-0.25, -0.2) is 4.68 Å². The largest absolute Gasteiger partial charge is 0.497 e. The molecule has 192 valence electrons. The lowest BCUT2D eigenvalue weighted by Crippen LogP contribution is -2.32. The minimum Gasteiger partial charge on any atom is -0.497 e. The average molecular weight is 504 g/mol. The second kappa shape index (κ2) is 11.7. The van der Waals surface area contributed by atoms with Crippen LogP contribution in [0.2, 0.25) is 0 Å². The lowest BCUT2D eigenvalue weighted by Gasteiger charge is -2.19. The molecule has 0 aliphatic carbocycles. The summed E-state index contributed by atoms with van der Waals surface area (Å²) in [6, 6.07) is 20.6. The molecule has 2 atom stereocenters. The van der Waals surface area contributed by atoms with Gasteiger partial charge in [0.2, 0.25) is 0 Å². The molecule has 0 aliphatic heterocycles. The van der Waals surface area contributed by atoms with E-state index >= 15 is 0 Å². The zero-order valence-corrected chi connectivity index (χ0v) is 20.7. The number of carbonyl (C=O) groups is 1. The highest BCUT2D eigenvalue weighted by Crippen LogP contribution is 2.24. The topological polar surface area (TPSA) is 124 Å². The van der Waals surface area contributed by atoms with Gasteiger partial charge in [0.05, 0.1) is 31.6 Å². The lowest BCUT2D eigenvalue weighted by molar-refractivity contribution is -0.146. The Morgan fingerprint density at radius 3 is 2.16 bits per heavy atom. The van der Waals surface area contributed by atoms with Crippen molar-refractivity contribution in [2.24, 2.45) is 5.92 Å². The van der Waals surface area contributed by atoms with Crippen molar-refractivity contribution in [3.05, 3.63) is 82.6 Å². The highest BCUT2D eigenvalue weighted by atomic mass is 16.5. The van der Waals surface area contributed by atoms with Gasteiger partial charge in [0.1, 0.15) is 17.0 Å². The van der Waals surface area contributed by atoms with Crippen LogP contribution >= 0.6 is 0 Å². The summed E-state index contributed by atoms with van der Waals surface area (Å²) in [7, 11) is 3.15. The van der Waals surface area contributed by atoms with Gasteiger partial charge in [-0.3, -0.25) is 9.59 Å². The quantitative estimate of drug-likeness (QED) is 0.318. The van der Waals surface area contributed by atoms with Gasteiger partial charge >= 0.3 is 5.97 Å². The van der Waals surface area contributed by atoms with E-state index < -0.39 is 18.0 Å². The zero-order valence-electron chi connectivity index (χ0n) is 20.7. The minimum absolute atomic E-state index is 0.0262. The maximum absolute atomic E-state index is 12.8. The van der Waals surface area contributed by atoms with Crippen LogP contribution in [0.4, 0.5) is 0 Å². The summed E-state index contributed by atoms with van der Waals surface area (Å²) >= 11 is 0. The van der Waals surface area contributed by atoms with Crippen LogP contribution in [-0.4, -0.2) is 51.5 Å². The van der Waals surface area contributed by atoms with Crippen LogP contribution in [0.3, 0.4) is 0 Å². The Balaban J connectivity index is 1.37. The normalized spacial score (nSPS) is 12.7. The first-order valence-corrected chi connectivity index (χ1v) is 12.0. The first kappa shape index (κ1) is 25.8. The van der Waals surface area contributed by atoms with E-state index in [0.717, 1.165) is 27.1 Å². The molecule has 0 aliphatic rings. The van der Waals surface area contributed by atoms with E-state index in [2.05, 4.69) is 10.3 Å². The van der Waals surface area contributed by atoms with Gasteiger partial charge in [-0.1, -0.05) is 41.6 Å². The molecule has 0 saturated heterocycles. The summed E-state index contributed by atoms with van der Waals surface area (Å²) < 4.78 is 11.5. The fourth-order valence-corrected chi connectivity index (χ4v) is 4.23. The molecule has 37 heavy (non-hydrogen) atoms. The summed E-state index contributed by atoms with van der Waals surface area (Å²) in [6.07, 6.45) is -0.238. The Morgan fingerprint density at radius 2 is 1.54 bits per heavy atom. The molecule has 0 saturated carbocycles. The van der Waals surface area contributed by atoms with Crippen LogP contribution in [0.5, 0.6) is 11.5 Å². The van der Waals surface area contributed by atoms with Crippen molar-refractivity contribution < 1.29 is 24.5 Å². The molecule has 0 fully saturated rings. The molecular formula is C28H29N3O6. The highest BCUT2D eigenvalue weighted by Gasteiger charge is 2.26. The van der Waals surface area contributed by atoms with Crippen LogP contribution in [0, 0.1) is 5.92 Å². The van der Waals surface area contributed by atoms with E-state index in [-0.39, 0.29) is 24.9 Å². The van der Waals surface area contributed by atoms with Crippen LogP contribution < -0.4 is 15.0 Å². The fraction of sp³-hybridized carbons (Fsp3) is 0.286. The monoisotopic (exact) mass is 503 g/mol. The van der Waals surface area contributed by atoms with Crippen LogP contribution in [-0.2, 0) is 17.8 Å². The summed E-state index contributed by atoms with van der Waals surface area (Å²) in [5.74, 6) is -0.809. The first-order chi connectivity index (χ1) is 17.9. The van der Waals surface area contributed by atoms with Gasteiger partial charge in [0, 0.05) is 12.6 Å². The van der Waals surface area contributed by atoms with E-state index in [9.17, 15) is 19.8 Å². The standard InChI is InChI=1S/C28H29N3O6/c1-36-21-10-8-20(9-11-21)19-6-3-18(4-7-19)5-14-26(32)24(28(34)35)15-16-31-27(33)23-13-12-22(37-2)17-25(23)29-30-31/h3-4,6-13,17,24,26,32H,5,14-16H2,1-2H3,(H,34,35)/t24-,26+/m0/s1. The number of carboxylic acid groups (broad SMARTS) is 1. The third-order valence-electron chi connectivity index (χ3n) is 6.47. The number of methoxy groups -OCH3 is 2. The fourth-order valence-electron chi connectivity index (χ4n) is 4.23. The molecule has 4 aromatic rings. The van der Waals surface area contributed by atoms with E-state index in [1.54, 1.807) is 25.3 Å². The van der Waals surface area contributed by atoms with Crippen molar-refractivity contribution in [3.8, 4) is 22.6 Å². The van der Waals surface area contributed by atoms with Crippen molar-refractivity contribution in [1.29, 1.82) is 0 Å². The summed E-state index contributed by atoms with van der Waals surface area (Å²) in [6.45, 7) is 0.0262. The van der Waals surface area contributed by atoms with E-state index in [4.69, 9.17) is 9.47 Å². The molecular weight excluding hydrogens is 474 g/mol. The van der Waals surface area contributed by atoms with E-state index in [1.165, 1.54) is 7.11 Å². The average Bonchev–Trinajstić information content (AvgIpc) is 2.93. The third kappa shape index (κ3) is 6.13. The van der Waals surface area contributed by atoms with Crippen molar-refractivity contribution in [2.45, 2.75) is 31.9 Å². The predicted molar refractivity (Wildman–Crippen MR) is 139 cm³/mol.